The zero-order valence-electron chi connectivity index (χ0n) is 19.5. The summed E-state index contributed by atoms with van der Waals surface area (Å²) in [5.74, 6) is 2.37. The van der Waals surface area contributed by atoms with Gasteiger partial charge in [-0.25, -0.2) is 4.79 Å². The molecular formula is C26H27NO7. The van der Waals surface area contributed by atoms with Gasteiger partial charge in [0.25, 0.3) is 0 Å². The van der Waals surface area contributed by atoms with Crippen LogP contribution in [0.15, 0.2) is 66.7 Å². The van der Waals surface area contributed by atoms with Gasteiger partial charge < -0.3 is 28.8 Å². The van der Waals surface area contributed by atoms with Crippen molar-refractivity contribution in [1.29, 1.82) is 0 Å². The molecule has 0 saturated carbocycles. The summed E-state index contributed by atoms with van der Waals surface area (Å²) >= 11 is 0. The van der Waals surface area contributed by atoms with Crippen molar-refractivity contribution in [2.24, 2.45) is 0 Å². The molecule has 0 aliphatic carbocycles. The first kappa shape index (κ1) is 23.3. The van der Waals surface area contributed by atoms with E-state index in [1.54, 1.807) is 89.1 Å². The number of hydrogen-bond acceptors (Lipinski definition) is 7. The van der Waals surface area contributed by atoms with E-state index in [-0.39, 0.29) is 6.54 Å². The molecule has 1 fully saturated rings. The molecule has 34 heavy (non-hydrogen) atoms. The van der Waals surface area contributed by atoms with Gasteiger partial charge in [-0.15, -0.1) is 0 Å². The Kier molecular flexibility index (Phi) is 6.51. The minimum atomic E-state index is -1.79. The van der Waals surface area contributed by atoms with Crippen molar-refractivity contribution in [3.05, 3.63) is 83.4 Å². The number of ether oxygens (including phenoxy) is 5. The molecule has 2 atom stereocenters. The van der Waals surface area contributed by atoms with Crippen LogP contribution in [0.2, 0.25) is 0 Å². The average Bonchev–Trinajstić information content (AvgIpc) is 3.14. The molecule has 1 N–H and O–H groups in total. The standard InChI is InChI=1S/C26H27NO7/c1-30-20-10-6-18(7-11-20)24-26(29,19-8-12-21(31-2)13-9-19)27(25(28)34-24)16-17-5-14-22(32-3)23(15-17)33-4/h5-15,24,29H,16H2,1-4H3/t24-,26-/m1/s1. The molecule has 1 amide bonds. The lowest BCUT2D eigenvalue weighted by Crippen LogP contribution is -2.45. The lowest BCUT2D eigenvalue weighted by Gasteiger charge is -2.35. The number of hydrogen-bond donors (Lipinski definition) is 1. The van der Waals surface area contributed by atoms with Crippen LogP contribution in [0.3, 0.4) is 0 Å². The van der Waals surface area contributed by atoms with Crippen LogP contribution in [0.4, 0.5) is 4.79 Å². The van der Waals surface area contributed by atoms with Crippen molar-refractivity contribution in [2.75, 3.05) is 28.4 Å². The molecule has 1 aliphatic heterocycles. The van der Waals surface area contributed by atoms with E-state index >= 15 is 0 Å². The zero-order chi connectivity index (χ0) is 24.3. The Morgan fingerprint density at radius 1 is 0.824 bits per heavy atom. The van der Waals surface area contributed by atoms with Crippen LogP contribution in [-0.4, -0.2) is 44.5 Å². The van der Waals surface area contributed by atoms with Crippen LogP contribution in [-0.2, 0) is 17.0 Å². The summed E-state index contributed by atoms with van der Waals surface area (Å²) in [6.45, 7) is 0.0777. The summed E-state index contributed by atoms with van der Waals surface area (Å²) in [6, 6.07) is 19.3. The highest BCUT2D eigenvalue weighted by molar-refractivity contribution is 5.72. The number of cyclic esters (lactones) is 1. The molecule has 0 radical (unpaired) electrons. The Balaban J connectivity index is 1.77. The normalized spacial score (nSPS) is 19.5. The largest absolute Gasteiger partial charge is 0.497 e. The second-order valence-corrected chi connectivity index (χ2v) is 7.77. The lowest BCUT2D eigenvalue weighted by atomic mass is 9.90. The van der Waals surface area contributed by atoms with Gasteiger partial charge in [-0.1, -0.05) is 30.3 Å². The van der Waals surface area contributed by atoms with Crippen LogP contribution in [0.25, 0.3) is 0 Å². The van der Waals surface area contributed by atoms with Gasteiger partial charge in [0, 0.05) is 5.56 Å². The number of benzene rings is 3. The highest BCUT2D eigenvalue weighted by Gasteiger charge is 2.56. The smallest absolute Gasteiger partial charge is 0.413 e. The summed E-state index contributed by atoms with van der Waals surface area (Å²) in [5.41, 5.74) is 0.0603. The van der Waals surface area contributed by atoms with Crippen LogP contribution in [0, 0.1) is 0 Å². The Morgan fingerprint density at radius 2 is 1.41 bits per heavy atom. The Hall–Kier alpha value is -3.91. The van der Waals surface area contributed by atoms with Crippen molar-refractivity contribution in [3.8, 4) is 23.0 Å². The lowest BCUT2D eigenvalue weighted by molar-refractivity contribution is -0.113. The van der Waals surface area contributed by atoms with E-state index in [1.807, 2.05) is 6.07 Å². The zero-order valence-corrected chi connectivity index (χ0v) is 19.5. The summed E-state index contributed by atoms with van der Waals surface area (Å²) in [6.07, 6.45) is -1.62. The van der Waals surface area contributed by atoms with Crippen molar-refractivity contribution in [1.82, 2.24) is 4.90 Å². The van der Waals surface area contributed by atoms with Crippen molar-refractivity contribution >= 4 is 6.09 Å². The minimum absolute atomic E-state index is 0.0777. The van der Waals surface area contributed by atoms with Gasteiger partial charge in [-0.2, -0.15) is 0 Å². The number of carbonyl (C=O) groups excluding carboxylic acids is 1. The maximum atomic E-state index is 13.1. The van der Waals surface area contributed by atoms with E-state index in [9.17, 15) is 9.90 Å². The Labute approximate surface area is 198 Å². The third kappa shape index (κ3) is 4.08. The molecule has 3 aromatic carbocycles. The number of methoxy groups -OCH3 is 4. The quantitative estimate of drug-likeness (QED) is 0.532. The molecule has 1 aliphatic rings. The van der Waals surface area contributed by atoms with E-state index in [0.717, 1.165) is 5.56 Å². The molecule has 0 unspecified atom stereocenters. The molecule has 8 nitrogen and oxygen atoms in total. The second-order valence-electron chi connectivity index (χ2n) is 7.77. The first-order valence-corrected chi connectivity index (χ1v) is 10.6. The molecule has 4 rings (SSSR count). The van der Waals surface area contributed by atoms with Crippen molar-refractivity contribution < 1.29 is 33.6 Å². The number of amides is 1. The van der Waals surface area contributed by atoms with E-state index < -0.39 is 17.9 Å². The molecule has 3 aromatic rings. The number of aliphatic hydroxyl groups is 1. The summed E-state index contributed by atoms with van der Waals surface area (Å²) in [7, 11) is 6.23. The first-order valence-electron chi connectivity index (χ1n) is 10.6. The topological polar surface area (TPSA) is 86.7 Å². The molecule has 0 aromatic heterocycles. The van der Waals surface area contributed by atoms with E-state index in [4.69, 9.17) is 23.7 Å². The second kappa shape index (κ2) is 9.52. The molecule has 0 bridgehead atoms. The molecule has 8 heteroatoms. The first-order chi connectivity index (χ1) is 16.4. The van der Waals surface area contributed by atoms with E-state index in [0.29, 0.717) is 34.1 Å². The maximum Gasteiger partial charge on any atom is 0.413 e. The fraction of sp³-hybridized carbons (Fsp3) is 0.269. The fourth-order valence-corrected chi connectivity index (χ4v) is 4.10. The minimum Gasteiger partial charge on any atom is -0.497 e. The van der Waals surface area contributed by atoms with Gasteiger partial charge >= 0.3 is 6.09 Å². The summed E-state index contributed by atoms with van der Waals surface area (Å²) in [4.78, 5) is 14.4. The maximum absolute atomic E-state index is 13.1. The van der Waals surface area contributed by atoms with E-state index in [1.165, 1.54) is 4.90 Å². The summed E-state index contributed by atoms with van der Waals surface area (Å²) in [5, 5.41) is 12.1. The highest BCUT2D eigenvalue weighted by atomic mass is 16.6. The van der Waals surface area contributed by atoms with Gasteiger partial charge in [-0.3, -0.25) is 4.90 Å². The van der Waals surface area contributed by atoms with Crippen LogP contribution >= 0.6 is 0 Å². The van der Waals surface area contributed by atoms with E-state index in [2.05, 4.69) is 0 Å². The van der Waals surface area contributed by atoms with Gasteiger partial charge in [0.2, 0.25) is 5.72 Å². The molecular weight excluding hydrogens is 438 g/mol. The Bertz CT molecular complexity index is 1150. The fourth-order valence-electron chi connectivity index (χ4n) is 4.10. The SMILES string of the molecule is COc1ccc([C@H]2OC(=O)N(Cc3ccc(OC)c(OC)c3)[C@@]2(O)c2ccc(OC)cc2)cc1. The van der Waals surface area contributed by atoms with Gasteiger partial charge in [0.05, 0.1) is 35.0 Å². The molecule has 1 heterocycles. The number of nitrogens with zero attached hydrogens (tertiary/aromatic N) is 1. The molecule has 0 spiro atoms. The third-order valence-corrected chi connectivity index (χ3v) is 5.94. The monoisotopic (exact) mass is 465 g/mol. The molecule has 1 saturated heterocycles. The predicted octanol–water partition coefficient (Wildman–Crippen LogP) is 4.26. The Morgan fingerprint density at radius 3 is 1.97 bits per heavy atom. The van der Waals surface area contributed by atoms with Gasteiger partial charge in [0.15, 0.2) is 17.6 Å². The number of carbonyl (C=O) groups is 1. The van der Waals surface area contributed by atoms with Gasteiger partial charge in [-0.05, 0) is 47.5 Å². The third-order valence-electron chi connectivity index (χ3n) is 5.94. The molecule has 178 valence electrons. The summed E-state index contributed by atoms with van der Waals surface area (Å²) < 4.78 is 26.9. The predicted molar refractivity (Wildman–Crippen MR) is 124 cm³/mol. The van der Waals surface area contributed by atoms with Crippen LogP contribution in [0.5, 0.6) is 23.0 Å². The number of rotatable bonds is 8. The van der Waals surface area contributed by atoms with Crippen LogP contribution in [0.1, 0.15) is 22.8 Å². The average molecular weight is 466 g/mol. The van der Waals surface area contributed by atoms with Crippen molar-refractivity contribution in [2.45, 2.75) is 18.4 Å². The van der Waals surface area contributed by atoms with Crippen molar-refractivity contribution in [3.63, 3.8) is 0 Å². The highest BCUT2D eigenvalue weighted by Crippen LogP contribution is 2.48. The van der Waals surface area contributed by atoms with Crippen LogP contribution < -0.4 is 18.9 Å². The van der Waals surface area contributed by atoms with Gasteiger partial charge in [0.1, 0.15) is 11.5 Å².